The van der Waals surface area contributed by atoms with Crippen molar-refractivity contribution in [2.75, 3.05) is 13.1 Å². The van der Waals surface area contributed by atoms with E-state index in [2.05, 4.69) is 0 Å². The lowest BCUT2D eigenvalue weighted by molar-refractivity contribution is 0.0318. The highest BCUT2D eigenvalue weighted by molar-refractivity contribution is 7.89. The van der Waals surface area contributed by atoms with Crippen LogP contribution in [0.15, 0.2) is 53.4 Å². The zero-order valence-electron chi connectivity index (χ0n) is 16.0. The zero-order valence-corrected chi connectivity index (χ0v) is 16.8. The minimum atomic E-state index is -3.69. The van der Waals surface area contributed by atoms with E-state index in [-0.39, 0.29) is 16.0 Å². The summed E-state index contributed by atoms with van der Waals surface area (Å²) in [6, 6.07) is 10.5. The molecule has 1 unspecified atom stereocenters. The predicted molar refractivity (Wildman–Crippen MR) is 105 cm³/mol. The van der Waals surface area contributed by atoms with Gasteiger partial charge in [-0.3, -0.25) is 4.79 Å². The first-order valence-corrected chi connectivity index (χ1v) is 10.8. The third kappa shape index (κ3) is 4.89. The highest BCUT2D eigenvalue weighted by Gasteiger charge is 2.27. The van der Waals surface area contributed by atoms with Crippen LogP contribution < -0.4 is 0 Å². The number of benzene rings is 2. The minimum absolute atomic E-state index is 0.0198. The number of rotatable bonds is 6. The number of carbonyl (C=O) groups is 2. The van der Waals surface area contributed by atoms with Crippen LogP contribution in [-0.4, -0.2) is 43.7 Å². The van der Waals surface area contributed by atoms with Gasteiger partial charge in [-0.05, 0) is 62.2 Å². The summed E-state index contributed by atoms with van der Waals surface area (Å²) in [6.45, 7) is 2.33. The smallest absolute Gasteiger partial charge is 0.338 e. The van der Waals surface area contributed by atoms with Crippen LogP contribution >= 0.6 is 0 Å². The summed E-state index contributed by atoms with van der Waals surface area (Å²) in [7, 11) is -3.69. The molecule has 1 aliphatic rings. The number of ether oxygens (including phenoxy) is 1. The molecule has 0 radical (unpaired) electrons. The molecule has 154 valence electrons. The van der Waals surface area contributed by atoms with Crippen LogP contribution in [0.2, 0.25) is 0 Å². The Bertz CT molecular complexity index is 998. The van der Waals surface area contributed by atoms with Gasteiger partial charge >= 0.3 is 5.97 Å². The average Bonchev–Trinajstić information content (AvgIpc) is 2.74. The molecule has 2 aromatic rings. The number of sulfonamides is 1. The molecule has 0 N–H and O–H groups in total. The Morgan fingerprint density at radius 2 is 1.66 bits per heavy atom. The summed E-state index contributed by atoms with van der Waals surface area (Å²) in [4.78, 5) is 24.8. The molecule has 3 rings (SSSR count). The van der Waals surface area contributed by atoms with Crippen molar-refractivity contribution < 1.29 is 27.1 Å². The lowest BCUT2D eigenvalue weighted by Gasteiger charge is -2.26. The van der Waals surface area contributed by atoms with Crippen LogP contribution in [0.25, 0.3) is 0 Å². The molecule has 0 aromatic heterocycles. The minimum Gasteiger partial charge on any atom is -0.451 e. The zero-order chi connectivity index (χ0) is 21.0. The van der Waals surface area contributed by atoms with Crippen LogP contribution in [-0.2, 0) is 14.8 Å². The maximum absolute atomic E-state index is 13.0. The quantitative estimate of drug-likeness (QED) is 0.529. The predicted octanol–water partition coefficient (Wildman–Crippen LogP) is 3.43. The second-order valence-corrected chi connectivity index (χ2v) is 8.85. The van der Waals surface area contributed by atoms with Gasteiger partial charge in [-0.1, -0.05) is 12.5 Å². The van der Waals surface area contributed by atoms with Crippen LogP contribution in [0.5, 0.6) is 0 Å². The first-order valence-electron chi connectivity index (χ1n) is 9.40. The van der Waals surface area contributed by atoms with Gasteiger partial charge in [0.1, 0.15) is 5.82 Å². The summed E-state index contributed by atoms with van der Waals surface area (Å²) >= 11 is 0. The van der Waals surface area contributed by atoms with Crippen molar-refractivity contribution >= 4 is 21.8 Å². The third-order valence-electron chi connectivity index (χ3n) is 4.80. The van der Waals surface area contributed by atoms with Crippen molar-refractivity contribution in [1.29, 1.82) is 0 Å². The Labute approximate surface area is 169 Å². The van der Waals surface area contributed by atoms with E-state index < -0.39 is 33.7 Å². The summed E-state index contributed by atoms with van der Waals surface area (Å²) in [5.74, 6) is -1.75. The molecule has 1 heterocycles. The van der Waals surface area contributed by atoms with E-state index in [0.717, 1.165) is 31.4 Å². The average molecular weight is 419 g/mol. The third-order valence-corrected chi connectivity index (χ3v) is 6.70. The molecule has 1 aliphatic heterocycles. The number of nitrogens with zero attached hydrogens (tertiary/aromatic N) is 1. The molecule has 0 spiro atoms. The molecule has 1 fully saturated rings. The monoisotopic (exact) mass is 419 g/mol. The van der Waals surface area contributed by atoms with Crippen LogP contribution in [0, 0.1) is 5.82 Å². The molecule has 1 atom stereocenters. The van der Waals surface area contributed by atoms with E-state index in [1.54, 1.807) is 0 Å². The van der Waals surface area contributed by atoms with Crippen molar-refractivity contribution in [3.8, 4) is 0 Å². The van der Waals surface area contributed by atoms with Crippen LogP contribution in [0.4, 0.5) is 4.39 Å². The molecule has 6 nitrogen and oxygen atoms in total. The molecule has 0 bridgehead atoms. The molecule has 1 saturated heterocycles. The molecule has 0 aliphatic carbocycles. The Kier molecular flexibility index (Phi) is 6.44. The Morgan fingerprint density at radius 1 is 1.00 bits per heavy atom. The SMILES string of the molecule is CC(OC(=O)c1cccc(S(=O)(=O)N2CCCCC2)c1)C(=O)c1ccc(F)cc1. The summed E-state index contributed by atoms with van der Waals surface area (Å²) in [5, 5.41) is 0. The Morgan fingerprint density at radius 3 is 2.31 bits per heavy atom. The fourth-order valence-electron chi connectivity index (χ4n) is 3.17. The number of piperidine rings is 1. The fourth-order valence-corrected chi connectivity index (χ4v) is 4.73. The van der Waals surface area contributed by atoms with Gasteiger partial charge in [-0.25, -0.2) is 17.6 Å². The van der Waals surface area contributed by atoms with Gasteiger partial charge in [0.2, 0.25) is 15.8 Å². The van der Waals surface area contributed by atoms with Gasteiger partial charge in [-0.15, -0.1) is 0 Å². The summed E-state index contributed by atoms with van der Waals surface area (Å²) < 4.78 is 45.2. The van der Waals surface area contributed by atoms with E-state index in [0.29, 0.717) is 13.1 Å². The first kappa shape index (κ1) is 21.1. The van der Waals surface area contributed by atoms with Gasteiger partial charge in [0, 0.05) is 18.7 Å². The van der Waals surface area contributed by atoms with Crippen molar-refractivity contribution in [3.63, 3.8) is 0 Å². The van der Waals surface area contributed by atoms with Gasteiger partial charge in [0.15, 0.2) is 6.10 Å². The number of Topliss-reactive ketones (excluding diaryl/α,β-unsaturated/α-hetero) is 1. The van der Waals surface area contributed by atoms with E-state index in [4.69, 9.17) is 4.74 Å². The highest BCUT2D eigenvalue weighted by Crippen LogP contribution is 2.22. The lowest BCUT2D eigenvalue weighted by Crippen LogP contribution is -2.35. The number of hydrogen-bond donors (Lipinski definition) is 0. The molecule has 8 heteroatoms. The van der Waals surface area contributed by atoms with E-state index in [1.807, 2.05) is 0 Å². The number of hydrogen-bond acceptors (Lipinski definition) is 5. The molecular formula is C21H22FNO5S. The second kappa shape index (κ2) is 8.84. The van der Waals surface area contributed by atoms with Crippen LogP contribution in [0.3, 0.4) is 0 Å². The summed E-state index contributed by atoms with van der Waals surface area (Å²) in [6.07, 6.45) is 1.52. The van der Waals surface area contributed by atoms with Gasteiger partial charge in [0.05, 0.1) is 10.5 Å². The van der Waals surface area contributed by atoms with E-state index >= 15 is 0 Å². The van der Waals surface area contributed by atoms with Crippen LogP contribution in [0.1, 0.15) is 46.9 Å². The number of carbonyl (C=O) groups excluding carboxylic acids is 2. The number of halogens is 1. The van der Waals surface area contributed by atoms with Gasteiger partial charge < -0.3 is 4.74 Å². The highest BCUT2D eigenvalue weighted by atomic mass is 32.2. The van der Waals surface area contributed by atoms with Crippen molar-refractivity contribution in [2.24, 2.45) is 0 Å². The molecule has 2 aromatic carbocycles. The normalized spacial score (nSPS) is 16.2. The molecule has 0 saturated carbocycles. The molecule has 0 amide bonds. The van der Waals surface area contributed by atoms with Crippen molar-refractivity contribution in [3.05, 3.63) is 65.5 Å². The number of ketones is 1. The standard InChI is InChI=1S/C21H22FNO5S/c1-15(20(24)16-8-10-18(22)11-9-16)28-21(25)17-6-5-7-19(14-17)29(26,27)23-12-3-2-4-13-23/h5-11,14-15H,2-4,12-13H2,1H3. The molecule has 29 heavy (non-hydrogen) atoms. The van der Waals surface area contributed by atoms with Gasteiger partial charge in [-0.2, -0.15) is 4.31 Å². The van der Waals surface area contributed by atoms with E-state index in [1.165, 1.54) is 47.6 Å². The summed E-state index contributed by atoms with van der Waals surface area (Å²) in [5.41, 5.74) is 0.259. The van der Waals surface area contributed by atoms with Gasteiger partial charge in [0.25, 0.3) is 0 Å². The molecular weight excluding hydrogens is 397 g/mol. The van der Waals surface area contributed by atoms with Crippen molar-refractivity contribution in [2.45, 2.75) is 37.2 Å². The lowest BCUT2D eigenvalue weighted by atomic mass is 10.1. The van der Waals surface area contributed by atoms with Crippen molar-refractivity contribution in [1.82, 2.24) is 4.31 Å². The number of esters is 1. The Hall–Kier alpha value is -2.58. The van der Waals surface area contributed by atoms with E-state index in [9.17, 15) is 22.4 Å². The topological polar surface area (TPSA) is 80.8 Å². The Balaban J connectivity index is 1.73. The largest absolute Gasteiger partial charge is 0.451 e. The first-order chi connectivity index (χ1) is 13.8. The second-order valence-electron chi connectivity index (χ2n) is 6.91. The maximum Gasteiger partial charge on any atom is 0.338 e. The maximum atomic E-state index is 13.0. The fraction of sp³-hybridized carbons (Fsp3) is 0.333.